The summed E-state index contributed by atoms with van der Waals surface area (Å²) in [5.74, 6) is -0.266. The van der Waals surface area contributed by atoms with E-state index in [0.717, 1.165) is 49.9 Å². The number of halogens is 1. The van der Waals surface area contributed by atoms with E-state index in [2.05, 4.69) is 18.7 Å². The maximum atomic E-state index is 13.6. The van der Waals surface area contributed by atoms with Crippen LogP contribution in [0.1, 0.15) is 56.8 Å². The molecule has 1 saturated carbocycles. The fourth-order valence-electron chi connectivity index (χ4n) is 3.80. The maximum Gasteiger partial charge on any atom is 0.123 e. The molecule has 112 valence electrons. The molecule has 1 atom stereocenters. The average molecular weight is 279 g/mol. The highest BCUT2D eigenvalue weighted by Crippen LogP contribution is 2.45. The summed E-state index contributed by atoms with van der Waals surface area (Å²) in [5.41, 5.74) is 1.50. The van der Waals surface area contributed by atoms with Crippen molar-refractivity contribution in [2.24, 2.45) is 0 Å². The Balaban J connectivity index is 2.41. The highest BCUT2D eigenvalue weighted by Gasteiger charge is 2.45. The van der Waals surface area contributed by atoms with Crippen LogP contribution < -0.4 is 0 Å². The molecule has 2 nitrogen and oxygen atoms in total. The van der Waals surface area contributed by atoms with Crippen molar-refractivity contribution in [3.8, 4) is 0 Å². The van der Waals surface area contributed by atoms with Crippen molar-refractivity contribution in [2.75, 3.05) is 13.1 Å². The van der Waals surface area contributed by atoms with E-state index in [1.165, 1.54) is 12.1 Å². The molecule has 0 radical (unpaired) electrons. The van der Waals surface area contributed by atoms with Crippen molar-refractivity contribution >= 4 is 0 Å². The molecule has 1 aliphatic carbocycles. The molecule has 2 rings (SSSR count). The van der Waals surface area contributed by atoms with Gasteiger partial charge in [-0.3, -0.25) is 4.90 Å². The van der Waals surface area contributed by atoms with Gasteiger partial charge in [-0.15, -0.1) is 0 Å². The molecule has 0 heterocycles. The largest absolute Gasteiger partial charge is 0.386 e. The number of aliphatic hydroxyl groups excluding tert-OH is 1. The molecule has 3 heteroatoms. The zero-order chi connectivity index (χ0) is 14.8. The Kier molecular flexibility index (Phi) is 4.82. The number of hydrogen-bond donors (Lipinski definition) is 1. The van der Waals surface area contributed by atoms with E-state index in [-0.39, 0.29) is 11.4 Å². The Bertz CT molecular complexity index is 450. The van der Waals surface area contributed by atoms with E-state index >= 15 is 0 Å². The van der Waals surface area contributed by atoms with Gasteiger partial charge in [0, 0.05) is 0 Å². The Morgan fingerprint density at radius 1 is 1.25 bits per heavy atom. The molecule has 0 saturated heterocycles. The lowest BCUT2D eigenvalue weighted by Crippen LogP contribution is -2.51. The minimum atomic E-state index is -0.611. The van der Waals surface area contributed by atoms with Crippen LogP contribution in [0.3, 0.4) is 0 Å². The van der Waals surface area contributed by atoms with E-state index < -0.39 is 6.10 Å². The zero-order valence-corrected chi connectivity index (χ0v) is 12.8. The molecule has 0 amide bonds. The summed E-state index contributed by atoms with van der Waals surface area (Å²) in [5, 5.41) is 11.0. The van der Waals surface area contributed by atoms with E-state index in [9.17, 15) is 9.50 Å². The summed E-state index contributed by atoms with van der Waals surface area (Å²) < 4.78 is 13.6. The summed E-state index contributed by atoms with van der Waals surface area (Å²) in [7, 11) is 0. The first-order chi connectivity index (χ1) is 9.55. The van der Waals surface area contributed by atoms with E-state index in [0.29, 0.717) is 0 Å². The van der Waals surface area contributed by atoms with Gasteiger partial charge in [0.15, 0.2) is 0 Å². The highest BCUT2D eigenvalue weighted by molar-refractivity contribution is 5.31. The summed E-state index contributed by atoms with van der Waals surface area (Å²) >= 11 is 0. The van der Waals surface area contributed by atoms with Crippen LogP contribution in [0, 0.1) is 12.7 Å². The number of benzene rings is 1. The zero-order valence-electron chi connectivity index (χ0n) is 12.8. The number of nitrogens with zero attached hydrogens (tertiary/aromatic N) is 1. The number of likely N-dealkylation sites (N-methyl/N-ethyl adjacent to an activating group) is 1. The molecule has 1 fully saturated rings. The fourth-order valence-corrected chi connectivity index (χ4v) is 3.80. The van der Waals surface area contributed by atoms with Crippen LogP contribution in [0.15, 0.2) is 18.2 Å². The van der Waals surface area contributed by atoms with Crippen molar-refractivity contribution in [1.29, 1.82) is 0 Å². The number of hydrogen-bond acceptors (Lipinski definition) is 2. The molecule has 0 bridgehead atoms. The van der Waals surface area contributed by atoms with Crippen molar-refractivity contribution in [2.45, 2.75) is 58.1 Å². The van der Waals surface area contributed by atoms with E-state index in [1.807, 2.05) is 6.92 Å². The van der Waals surface area contributed by atoms with Crippen LogP contribution in [-0.4, -0.2) is 28.6 Å². The maximum absolute atomic E-state index is 13.6. The molecule has 1 aliphatic rings. The van der Waals surface area contributed by atoms with Crippen LogP contribution >= 0.6 is 0 Å². The second-order valence-corrected chi connectivity index (χ2v) is 5.89. The minimum Gasteiger partial charge on any atom is -0.386 e. The fraction of sp³-hybridized carbons (Fsp3) is 0.647. The number of aryl methyl sites for hydroxylation is 1. The topological polar surface area (TPSA) is 23.5 Å². The molecular weight excluding hydrogens is 253 g/mol. The molecule has 1 aromatic rings. The number of rotatable bonds is 5. The summed E-state index contributed by atoms with van der Waals surface area (Å²) in [6.07, 6.45) is 3.65. The molecule has 0 aliphatic heterocycles. The van der Waals surface area contributed by atoms with Crippen molar-refractivity contribution in [3.63, 3.8) is 0 Å². The van der Waals surface area contributed by atoms with Crippen LogP contribution in [0.5, 0.6) is 0 Å². The summed E-state index contributed by atoms with van der Waals surface area (Å²) in [6, 6.07) is 4.73. The van der Waals surface area contributed by atoms with Gasteiger partial charge in [0.2, 0.25) is 0 Å². The van der Waals surface area contributed by atoms with Crippen molar-refractivity contribution in [3.05, 3.63) is 35.1 Å². The predicted octanol–water partition coefficient (Wildman–Crippen LogP) is 3.82. The number of aliphatic hydroxyl groups is 1. The smallest absolute Gasteiger partial charge is 0.123 e. The SMILES string of the molecule is CCN(CC)C1(C(O)c2cc(F)ccc2C)CCCC1. The summed E-state index contributed by atoms with van der Waals surface area (Å²) in [6.45, 7) is 8.05. The molecule has 1 unspecified atom stereocenters. The minimum absolute atomic E-state index is 0.220. The third-order valence-corrected chi connectivity index (χ3v) is 4.91. The lowest BCUT2D eigenvalue weighted by molar-refractivity contribution is -0.0273. The molecule has 1 aromatic carbocycles. The van der Waals surface area contributed by atoms with Gasteiger partial charge in [-0.25, -0.2) is 4.39 Å². The lowest BCUT2D eigenvalue weighted by Gasteiger charge is -2.44. The van der Waals surface area contributed by atoms with Crippen LogP contribution in [0.2, 0.25) is 0 Å². The molecular formula is C17H26FNO. The van der Waals surface area contributed by atoms with Crippen LogP contribution in [0.25, 0.3) is 0 Å². The average Bonchev–Trinajstić information content (AvgIpc) is 2.93. The first-order valence-electron chi connectivity index (χ1n) is 7.74. The second-order valence-electron chi connectivity index (χ2n) is 5.89. The molecule has 0 spiro atoms. The van der Waals surface area contributed by atoms with Crippen molar-refractivity contribution < 1.29 is 9.50 Å². The van der Waals surface area contributed by atoms with Crippen LogP contribution in [0.4, 0.5) is 4.39 Å². The normalized spacial score (nSPS) is 19.5. The van der Waals surface area contributed by atoms with E-state index in [1.54, 1.807) is 6.07 Å². The van der Waals surface area contributed by atoms with Gasteiger partial charge in [0.25, 0.3) is 0 Å². The third kappa shape index (κ3) is 2.61. The predicted molar refractivity (Wildman–Crippen MR) is 80.2 cm³/mol. The quantitative estimate of drug-likeness (QED) is 0.885. The van der Waals surface area contributed by atoms with Gasteiger partial charge in [-0.2, -0.15) is 0 Å². The lowest BCUT2D eigenvalue weighted by atomic mass is 9.82. The van der Waals surface area contributed by atoms with Gasteiger partial charge in [-0.1, -0.05) is 32.8 Å². The summed E-state index contributed by atoms with van der Waals surface area (Å²) in [4.78, 5) is 2.36. The molecule has 20 heavy (non-hydrogen) atoms. The van der Waals surface area contributed by atoms with Gasteiger partial charge in [0.05, 0.1) is 11.6 Å². The first kappa shape index (κ1) is 15.5. The van der Waals surface area contributed by atoms with Crippen molar-refractivity contribution in [1.82, 2.24) is 4.90 Å². The first-order valence-corrected chi connectivity index (χ1v) is 7.74. The van der Waals surface area contributed by atoms with E-state index in [4.69, 9.17) is 0 Å². The standard InChI is InChI=1S/C17H26FNO/c1-4-19(5-2)17(10-6-7-11-17)16(20)15-12-14(18)9-8-13(15)3/h8-9,12,16,20H,4-7,10-11H2,1-3H3. The van der Waals surface area contributed by atoms with Gasteiger partial charge in [0.1, 0.15) is 5.82 Å². The molecule has 1 N–H and O–H groups in total. The van der Waals surface area contributed by atoms with Gasteiger partial charge >= 0.3 is 0 Å². The highest BCUT2D eigenvalue weighted by atomic mass is 19.1. The second kappa shape index (κ2) is 6.23. The van der Waals surface area contributed by atoms with Gasteiger partial charge in [-0.05, 0) is 56.1 Å². The molecule has 0 aromatic heterocycles. The Hall–Kier alpha value is -0.930. The Labute approximate surface area is 121 Å². The van der Waals surface area contributed by atoms with Gasteiger partial charge < -0.3 is 5.11 Å². The Morgan fingerprint density at radius 2 is 1.85 bits per heavy atom. The Morgan fingerprint density at radius 3 is 2.40 bits per heavy atom. The third-order valence-electron chi connectivity index (χ3n) is 4.91. The monoisotopic (exact) mass is 279 g/mol. The van der Waals surface area contributed by atoms with Crippen LogP contribution in [-0.2, 0) is 0 Å².